The smallest absolute Gasteiger partial charge is 0.101 e. The van der Waals surface area contributed by atoms with Gasteiger partial charge in [-0.1, -0.05) is 52.8 Å². The Morgan fingerprint density at radius 2 is 2.00 bits per heavy atom. The molecule has 0 radical (unpaired) electrons. The summed E-state index contributed by atoms with van der Waals surface area (Å²) in [6.45, 7) is 3.75. The number of aliphatic hydroxyl groups excluding tert-OH is 1. The van der Waals surface area contributed by atoms with Crippen LogP contribution in [0.4, 0.5) is 0 Å². The first kappa shape index (κ1) is 9.49. The Morgan fingerprint density at radius 1 is 1.42 bits per heavy atom. The Bertz CT molecular complexity index is 256. The van der Waals surface area contributed by atoms with E-state index in [1.807, 2.05) is 30.3 Å². The van der Waals surface area contributed by atoms with E-state index in [2.05, 4.69) is 22.5 Å². The molecule has 1 N–H and O–H groups in total. The van der Waals surface area contributed by atoms with Crippen LogP contribution in [0.15, 0.2) is 42.5 Å². The average molecular weight is 227 g/mol. The zero-order valence-electron chi connectivity index (χ0n) is 6.70. The Hall–Kier alpha value is -0.600. The highest BCUT2D eigenvalue weighted by atomic mass is 79.9. The van der Waals surface area contributed by atoms with Crippen LogP contribution >= 0.6 is 15.9 Å². The first-order valence-corrected chi connectivity index (χ1v) is 4.84. The van der Waals surface area contributed by atoms with Crippen molar-refractivity contribution in [1.82, 2.24) is 0 Å². The average Bonchev–Trinajstić information content (AvgIpc) is 2.17. The van der Waals surface area contributed by atoms with Gasteiger partial charge in [-0.3, -0.25) is 0 Å². The summed E-state index contributed by atoms with van der Waals surface area (Å²) >= 11 is 3.25. The first-order chi connectivity index (χ1) is 5.75. The van der Waals surface area contributed by atoms with E-state index >= 15 is 0 Å². The van der Waals surface area contributed by atoms with Gasteiger partial charge in [0.15, 0.2) is 0 Å². The van der Waals surface area contributed by atoms with Crippen LogP contribution in [-0.4, -0.2) is 10.4 Å². The minimum absolute atomic E-state index is 0.550. The second-order valence-corrected chi connectivity index (χ2v) is 3.17. The third-order valence-corrected chi connectivity index (χ3v) is 2.39. The van der Waals surface area contributed by atoms with Crippen molar-refractivity contribution in [3.63, 3.8) is 0 Å². The summed E-state index contributed by atoms with van der Waals surface area (Å²) in [5, 5.41) is 10.3. The van der Waals surface area contributed by atoms with Gasteiger partial charge in [-0.15, -0.1) is 0 Å². The number of benzene rings is 1. The van der Waals surface area contributed by atoms with Crippen molar-refractivity contribution in [2.45, 2.75) is 6.10 Å². The fourth-order valence-electron chi connectivity index (χ4n) is 0.944. The summed E-state index contributed by atoms with van der Waals surface area (Å²) in [4.78, 5) is 0. The maximum absolute atomic E-state index is 9.66. The van der Waals surface area contributed by atoms with E-state index in [4.69, 9.17) is 0 Å². The van der Waals surface area contributed by atoms with Crippen molar-refractivity contribution in [1.29, 1.82) is 0 Å². The first-order valence-electron chi connectivity index (χ1n) is 3.72. The van der Waals surface area contributed by atoms with E-state index in [9.17, 15) is 5.11 Å². The molecule has 0 aliphatic carbocycles. The predicted molar refractivity (Wildman–Crippen MR) is 54.3 cm³/mol. The zero-order chi connectivity index (χ0) is 8.97. The largest absolute Gasteiger partial charge is 0.384 e. The molecule has 2 heteroatoms. The molecule has 0 fully saturated rings. The molecule has 1 atom stereocenters. The lowest BCUT2D eigenvalue weighted by Crippen LogP contribution is -2.00. The van der Waals surface area contributed by atoms with E-state index in [0.717, 1.165) is 11.1 Å². The molecule has 1 aromatic carbocycles. The van der Waals surface area contributed by atoms with Crippen LogP contribution in [0, 0.1) is 0 Å². The molecule has 0 aliphatic heterocycles. The molecule has 0 heterocycles. The van der Waals surface area contributed by atoms with Crippen molar-refractivity contribution in [3.05, 3.63) is 48.0 Å². The molecule has 1 aromatic rings. The summed E-state index contributed by atoms with van der Waals surface area (Å²) in [7, 11) is 0. The summed E-state index contributed by atoms with van der Waals surface area (Å²) < 4.78 is 0. The van der Waals surface area contributed by atoms with Gasteiger partial charge in [0.25, 0.3) is 0 Å². The van der Waals surface area contributed by atoms with Crippen LogP contribution < -0.4 is 0 Å². The molecule has 0 aliphatic rings. The molecular weight excluding hydrogens is 216 g/mol. The van der Waals surface area contributed by atoms with Gasteiger partial charge in [0.2, 0.25) is 0 Å². The molecule has 1 rings (SSSR count). The van der Waals surface area contributed by atoms with Gasteiger partial charge >= 0.3 is 0 Å². The molecular formula is C10H11BrO. The molecule has 0 saturated heterocycles. The van der Waals surface area contributed by atoms with E-state index in [1.165, 1.54) is 0 Å². The monoisotopic (exact) mass is 226 g/mol. The summed E-state index contributed by atoms with van der Waals surface area (Å²) in [5.74, 6) is 0. The van der Waals surface area contributed by atoms with E-state index in [0.29, 0.717) is 5.33 Å². The second-order valence-electron chi connectivity index (χ2n) is 2.61. The van der Waals surface area contributed by atoms with Crippen molar-refractivity contribution in [3.8, 4) is 0 Å². The van der Waals surface area contributed by atoms with Crippen LogP contribution in [-0.2, 0) is 0 Å². The Kier molecular flexibility index (Phi) is 3.50. The third kappa shape index (κ3) is 2.19. The van der Waals surface area contributed by atoms with Crippen molar-refractivity contribution >= 4 is 15.9 Å². The van der Waals surface area contributed by atoms with E-state index < -0.39 is 6.10 Å². The number of hydrogen-bond acceptors (Lipinski definition) is 1. The molecule has 12 heavy (non-hydrogen) atoms. The van der Waals surface area contributed by atoms with Crippen LogP contribution in [0.25, 0.3) is 0 Å². The minimum Gasteiger partial charge on any atom is -0.384 e. The van der Waals surface area contributed by atoms with E-state index in [1.54, 1.807) is 0 Å². The molecule has 1 unspecified atom stereocenters. The molecule has 0 saturated carbocycles. The standard InChI is InChI=1S/C10H11BrO/c1-8(7-11)10(12)9-5-3-2-4-6-9/h2-6,10,12H,1,7H2. The summed E-state index contributed by atoms with van der Waals surface area (Å²) in [6, 6.07) is 9.50. The van der Waals surface area contributed by atoms with Gasteiger partial charge in [-0.25, -0.2) is 0 Å². The SMILES string of the molecule is C=C(CBr)C(O)c1ccccc1. The van der Waals surface area contributed by atoms with Crippen LogP contribution in [0.3, 0.4) is 0 Å². The molecule has 64 valence electrons. The van der Waals surface area contributed by atoms with Gasteiger partial charge in [-0.05, 0) is 11.1 Å². The zero-order valence-corrected chi connectivity index (χ0v) is 8.29. The van der Waals surface area contributed by atoms with Crippen LogP contribution in [0.1, 0.15) is 11.7 Å². The maximum atomic E-state index is 9.66. The summed E-state index contributed by atoms with van der Waals surface area (Å²) in [5.41, 5.74) is 1.67. The van der Waals surface area contributed by atoms with Crippen molar-refractivity contribution in [2.75, 3.05) is 5.33 Å². The number of halogens is 1. The van der Waals surface area contributed by atoms with Gasteiger partial charge in [-0.2, -0.15) is 0 Å². The third-order valence-electron chi connectivity index (χ3n) is 1.67. The fourth-order valence-corrected chi connectivity index (χ4v) is 1.25. The second kappa shape index (κ2) is 4.43. The highest BCUT2D eigenvalue weighted by molar-refractivity contribution is 9.09. The molecule has 0 spiro atoms. The minimum atomic E-state index is -0.550. The number of rotatable bonds is 3. The van der Waals surface area contributed by atoms with E-state index in [-0.39, 0.29) is 0 Å². The Labute approximate surface area is 80.9 Å². The van der Waals surface area contributed by atoms with Crippen molar-refractivity contribution < 1.29 is 5.11 Å². The topological polar surface area (TPSA) is 20.2 Å². The molecule has 0 bridgehead atoms. The lowest BCUT2D eigenvalue weighted by atomic mass is 10.0. The lowest BCUT2D eigenvalue weighted by molar-refractivity contribution is 0.217. The number of hydrogen-bond donors (Lipinski definition) is 1. The highest BCUT2D eigenvalue weighted by Crippen LogP contribution is 2.20. The normalized spacial score (nSPS) is 12.5. The fraction of sp³-hybridized carbons (Fsp3) is 0.200. The van der Waals surface area contributed by atoms with Gasteiger partial charge < -0.3 is 5.11 Å². The van der Waals surface area contributed by atoms with Gasteiger partial charge in [0.1, 0.15) is 6.10 Å². The van der Waals surface area contributed by atoms with Crippen molar-refractivity contribution in [2.24, 2.45) is 0 Å². The summed E-state index contributed by atoms with van der Waals surface area (Å²) in [6.07, 6.45) is -0.550. The number of aliphatic hydroxyl groups is 1. The lowest BCUT2D eigenvalue weighted by Gasteiger charge is -2.11. The molecule has 0 aromatic heterocycles. The van der Waals surface area contributed by atoms with Gasteiger partial charge in [0, 0.05) is 5.33 Å². The van der Waals surface area contributed by atoms with Crippen LogP contribution in [0.2, 0.25) is 0 Å². The maximum Gasteiger partial charge on any atom is 0.101 e. The number of alkyl halides is 1. The Balaban J connectivity index is 2.78. The predicted octanol–water partition coefficient (Wildman–Crippen LogP) is 2.67. The Morgan fingerprint density at radius 3 is 2.50 bits per heavy atom. The van der Waals surface area contributed by atoms with Crippen LogP contribution in [0.5, 0.6) is 0 Å². The molecule has 0 amide bonds. The quantitative estimate of drug-likeness (QED) is 0.621. The highest BCUT2D eigenvalue weighted by Gasteiger charge is 2.08. The molecule has 1 nitrogen and oxygen atoms in total. The van der Waals surface area contributed by atoms with Gasteiger partial charge in [0.05, 0.1) is 0 Å².